The molecule has 0 radical (unpaired) electrons. The van der Waals surface area contributed by atoms with E-state index in [-0.39, 0.29) is 0 Å². The topological polar surface area (TPSA) is 56.8 Å². The lowest BCUT2D eigenvalue weighted by molar-refractivity contribution is 0.370. The van der Waals surface area contributed by atoms with Gasteiger partial charge in [0.1, 0.15) is 23.3 Å². The molecule has 0 aliphatic carbocycles. The van der Waals surface area contributed by atoms with Gasteiger partial charge in [0.05, 0.1) is 0 Å². The third-order valence-corrected chi connectivity index (χ3v) is 2.55. The van der Waals surface area contributed by atoms with Gasteiger partial charge < -0.3 is 4.74 Å². The summed E-state index contributed by atoms with van der Waals surface area (Å²) in [6.45, 7) is 0. The molecular formula is C14H4F4N2O. The van der Waals surface area contributed by atoms with Crippen LogP contribution in [0.1, 0.15) is 11.1 Å². The molecule has 2 aromatic rings. The smallest absolute Gasteiger partial charge is 0.205 e. The van der Waals surface area contributed by atoms with Crippen LogP contribution in [-0.2, 0) is 0 Å². The van der Waals surface area contributed by atoms with Gasteiger partial charge in [-0.25, -0.2) is 13.2 Å². The molecule has 0 heterocycles. The molecule has 0 saturated carbocycles. The molecule has 0 unspecified atom stereocenters. The zero-order valence-corrected chi connectivity index (χ0v) is 10.1. The number of rotatable bonds is 2. The van der Waals surface area contributed by atoms with Crippen LogP contribution in [0.3, 0.4) is 0 Å². The minimum Gasteiger partial charge on any atom is -0.448 e. The van der Waals surface area contributed by atoms with Crippen LogP contribution in [0.15, 0.2) is 24.3 Å². The molecule has 21 heavy (non-hydrogen) atoms. The van der Waals surface area contributed by atoms with E-state index in [1.807, 2.05) is 0 Å². The first-order valence-corrected chi connectivity index (χ1v) is 5.44. The fourth-order valence-electron chi connectivity index (χ4n) is 1.58. The molecule has 0 aliphatic heterocycles. The van der Waals surface area contributed by atoms with E-state index in [1.54, 1.807) is 0 Å². The van der Waals surface area contributed by atoms with Crippen LogP contribution in [0, 0.1) is 45.9 Å². The van der Waals surface area contributed by atoms with Crippen molar-refractivity contribution in [3.63, 3.8) is 0 Å². The molecule has 0 fully saturated rings. The van der Waals surface area contributed by atoms with Gasteiger partial charge in [-0.15, -0.1) is 0 Å². The number of halogens is 4. The molecular weight excluding hydrogens is 288 g/mol. The predicted octanol–water partition coefficient (Wildman–Crippen LogP) is 3.78. The SMILES string of the molecule is N#Cc1c(F)c(F)c(Oc2ccccc2F)c(F)c1C#N. The van der Waals surface area contributed by atoms with Crippen molar-refractivity contribution >= 4 is 0 Å². The van der Waals surface area contributed by atoms with Crippen LogP contribution in [0.2, 0.25) is 0 Å². The first-order valence-electron chi connectivity index (χ1n) is 5.44. The first kappa shape index (κ1) is 14.4. The van der Waals surface area contributed by atoms with Crippen LogP contribution in [0.5, 0.6) is 11.5 Å². The molecule has 0 aliphatic rings. The molecule has 3 nitrogen and oxygen atoms in total. The van der Waals surface area contributed by atoms with Crippen molar-refractivity contribution in [1.82, 2.24) is 0 Å². The van der Waals surface area contributed by atoms with E-state index in [0.717, 1.165) is 12.1 Å². The Hall–Kier alpha value is -3.06. The van der Waals surface area contributed by atoms with E-state index in [2.05, 4.69) is 4.74 Å². The molecule has 2 aromatic carbocycles. The van der Waals surface area contributed by atoms with E-state index >= 15 is 0 Å². The second-order valence-corrected chi connectivity index (χ2v) is 3.78. The second kappa shape index (κ2) is 5.51. The first-order chi connectivity index (χ1) is 10.0. The van der Waals surface area contributed by atoms with E-state index < -0.39 is 45.9 Å². The van der Waals surface area contributed by atoms with Gasteiger partial charge in [0.15, 0.2) is 23.2 Å². The number of hydrogen-bond donors (Lipinski definition) is 0. The summed E-state index contributed by atoms with van der Waals surface area (Å²) in [6.07, 6.45) is 0. The Bertz CT molecular complexity index is 806. The van der Waals surface area contributed by atoms with Crippen molar-refractivity contribution in [2.75, 3.05) is 0 Å². The fourth-order valence-corrected chi connectivity index (χ4v) is 1.58. The molecule has 0 bridgehead atoms. The Labute approximate surface area is 116 Å². The average Bonchev–Trinajstić information content (AvgIpc) is 2.48. The minimum atomic E-state index is -1.81. The monoisotopic (exact) mass is 292 g/mol. The van der Waals surface area contributed by atoms with E-state index in [9.17, 15) is 17.6 Å². The Morgan fingerprint density at radius 1 is 0.810 bits per heavy atom. The minimum absolute atomic E-state index is 0.553. The average molecular weight is 292 g/mol. The molecule has 2 rings (SSSR count). The highest BCUT2D eigenvalue weighted by molar-refractivity contribution is 5.53. The van der Waals surface area contributed by atoms with Crippen molar-refractivity contribution in [3.05, 3.63) is 58.7 Å². The molecule has 0 aromatic heterocycles. The summed E-state index contributed by atoms with van der Waals surface area (Å²) in [5.74, 6) is -7.89. The number of nitrogens with zero attached hydrogens (tertiary/aromatic N) is 2. The lowest BCUT2D eigenvalue weighted by Gasteiger charge is -2.11. The van der Waals surface area contributed by atoms with Gasteiger partial charge in [0, 0.05) is 0 Å². The number of nitriles is 2. The maximum atomic E-state index is 14.0. The van der Waals surface area contributed by atoms with E-state index in [1.165, 1.54) is 24.3 Å². The quantitative estimate of drug-likeness (QED) is 0.625. The van der Waals surface area contributed by atoms with Crippen molar-refractivity contribution < 1.29 is 22.3 Å². The highest BCUT2D eigenvalue weighted by Crippen LogP contribution is 2.34. The van der Waals surface area contributed by atoms with Gasteiger partial charge in [0.25, 0.3) is 0 Å². The molecule has 0 saturated heterocycles. The van der Waals surface area contributed by atoms with Crippen molar-refractivity contribution in [2.45, 2.75) is 0 Å². The van der Waals surface area contributed by atoms with Gasteiger partial charge in [-0.3, -0.25) is 0 Å². The summed E-state index contributed by atoms with van der Waals surface area (Å²) in [7, 11) is 0. The number of ether oxygens (including phenoxy) is 1. The fraction of sp³-hybridized carbons (Fsp3) is 0. The van der Waals surface area contributed by atoms with Gasteiger partial charge in [-0.05, 0) is 12.1 Å². The van der Waals surface area contributed by atoms with Crippen LogP contribution >= 0.6 is 0 Å². The number of benzene rings is 2. The Morgan fingerprint density at radius 3 is 1.95 bits per heavy atom. The highest BCUT2D eigenvalue weighted by Gasteiger charge is 2.27. The molecule has 7 heteroatoms. The summed E-state index contributed by atoms with van der Waals surface area (Å²) in [5.41, 5.74) is -2.09. The maximum Gasteiger partial charge on any atom is 0.205 e. The summed E-state index contributed by atoms with van der Waals surface area (Å²) in [4.78, 5) is 0. The van der Waals surface area contributed by atoms with E-state index in [4.69, 9.17) is 10.5 Å². The van der Waals surface area contributed by atoms with Crippen molar-refractivity contribution in [3.8, 4) is 23.6 Å². The molecule has 0 atom stereocenters. The largest absolute Gasteiger partial charge is 0.448 e. The lowest BCUT2D eigenvalue weighted by Crippen LogP contribution is -2.04. The number of para-hydroxylation sites is 1. The summed E-state index contributed by atoms with van der Waals surface area (Å²) >= 11 is 0. The molecule has 0 N–H and O–H groups in total. The zero-order valence-electron chi connectivity index (χ0n) is 10.1. The molecule has 0 amide bonds. The van der Waals surface area contributed by atoms with Gasteiger partial charge in [0.2, 0.25) is 11.6 Å². The highest BCUT2D eigenvalue weighted by atomic mass is 19.2. The Morgan fingerprint density at radius 2 is 1.38 bits per heavy atom. The van der Waals surface area contributed by atoms with Crippen LogP contribution in [-0.4, -0.2) is 0 Å². The Kier molecular flexibility index (Phi) is 3.77. The van der Waals surface area contributed by atoms with Crippen LogP contribution < -0.4 is 4.74 Å². The van der Waals surface area contributed by atoms with Crippen LogP contribution in [0.25, 0.3) is 0 Å². The van der Waals surface area contributed by atoms with E-state index in [0.29, 0.717) is 0 Å². The van der Waals surface area contributed by atoms with Crippen molar-refractivity contribution in [2.24, 2.45) is 0 Å². The molecule has 0 spiro atoms. The zero-order chi connectivity index (χ0) is 15.6. The van der Waals surface area contributed by atoms with Crippen molar-refractivity contribution in [1.29, 1.82) is 10.5 Å². The lowest BCUT2D eigenvalue weighted by atomic mass is 10.1. The maximum absolute atomic E-state index is 14.0. The summed E-state index contributed by atoms with van der Waals surface area (Å²) < 4.78 is 59.3. The van der Waals surface area contributed by atoms with Gasteiger partial charge >= 0.3 is 0 Å². The van der Waals surface area contributed by atoms with Gasteiger partial charge in [-0.1, -0.05) is 12.1 Å². The standard InChI is InChI=1S/C14H4F4N2O/c15-9-3-1-2-4-10(9)21-14-12(17)8(6-20)7(5-19)11(16)13(14)18/h1-4H. The number of hydrogen-bond acceptors (Lipinski definition) is 3. The normalized spacial score (nSPS) is 9.81. The second-order valence-electron chi connectivity index (χ2n) is 3.78. The molecule has 104 valence electrons. The summed E-state index contributed by atoms with van der Waals surface area (Å²) in [6, 6.07) is 7.12. The predicted molar refractivity (Wildman–Crippen MR) is 62.2 cm³/mol. The third-order valence-electron chi connectivity index (χ3n) is 2.55. The summed E-state index contributed by atoms with van der Waals surface area (Å²) in [5, 5.41) is 17.4. The Balaban J connectivity index is 2.67. The third kappa shape index (κ3) is 2.37. The van der Waals surface area contributed by atoms with Gasteiger partial charge in [-0.2, -0.15) is 14.9 Å². The van der Waals surface area contributed by atoms with Crippen LogP contribution in [0.4, 0.5) is 17.6 Å².